The molecule has 0 saturated heterocycles. The number of carbonyl (C=O) groups is 1. The van der Waals surface area contributed by atoms with Crippen LogP contribution in [-0.4, -0.2) is 30.4 Å². The molecule has 21 heavy (non-hydrogen) atoms. The number of allylic oxidation sites excluding steroid dienone is 1. The maximum atomic E-state index is 12.1. The van der Waals surface area contributed by atoms with Crippen molar-refractivity contribution >= 4 is 29.9 Å². The second-order valence-electron chi connectivity index (χ2n) is 4.67. The number of nitrogens with one attached hydrogen (secondary N) is 1. The molecule has 1 aromatic carbocycles. The first-order chi connectivity index (χ1) is 10.2. The predicted octanol–water partition coefficient (Wildman–Crippen LogP) is 0.565. The summed E-state index contributed by atoms with van der Waals surface area (Å²) >= 11 is 0. The van der Waals surface area contributed by atoms with E-state index in [4.69, 9.17) is 4.65 Å². The standard InChI is InChI=1S/C15H13BN2O3/c19-15(14-4-2-1-3-8-17-14)18-12-6-5-11-7-9-21-16(20)13(11)10-12/h1,3-6,8,10,20H,7,9H2,(H,18,19). The Bertz CT molecular complexity index is 703. The van der Waals surface area contributed by atoms with E-state index >= 15 is 0 Å². The molecule has 0 aliphatic carbocycles. The van der Waals surface area contributed by atoms with Crippen molar-refractivity contribution in [2.75, 3.05) is 11.9 Å². The predicted molar refractivity (Wildman–Crippen MR) is 81.6 cm³/mol. The van der Waals surface area contributed by atoms with E-state index < -0.39 is 7.12 Å². The summed E-state index contributed by atoms with van der Waals surface area (Å²) in [4.78, 5) is 16.1. The maximum absolute atomic E-state index is 12.1. The highest BCUT2D eigenvalue weighted by Gasteiger charge is 2.25. The molecule has 0 aromatic heterocycles. The molecular formula is C15H13BN2O3. The second-order valence-corrected chi connectivity index (χ2v) is 4.67. The van der Waals surface area contributed by atoms with Gasteiger partial charge in [0.05, 0.1) is 0 Å². The zero-order valence-electron chi connectivity index (χ0n) is 11.2. The van der Waals surface area contributed by atoms with Crippen LogP contribution >= 0.6 is 0 Å². The molecule has 0 atom stereocenters. The Morgan fingerprint density at radius 2 is 2.38 bits per heavy atom. The van der Waals surface area contributed by atoms with Gasteiger partial charge in [0.1, 0.15) is 5.71 Å². The van der Waals surface area contributed by atoms with Crippen LogP contribution in [0.25, 0.3) is 0 Å². The lowest BCUT2D eigenvalue weighted by atomic mass is 9.73. The normalized spacial score (nSPS) is 16.2. The zero-order chi connectivity index (χ0) is 14.7. The fourth-order valence-electron chi connectivity index (χ4n) is 2.21. The van der Waals surface area contributed by atoms with Crippen LogP contribution in [0.5, 0.6) is 0 Å². The van der Waals surface area contributed by atoms with E-state index in [1.165, 1.54) is 12.3 Å². The van der Waals surface area contributed by atoms with E-state index in [1.54, 1.807) is 24.3 Å². The maximum Gasteiger partial charge on any atom is 0.491 e. The summed E-state index contributed by atoms with van der Waals surface area (Å²) in [7, 11) is -0.938. The van der Waals surface area contributed by atoms with E-state index in [2.05, 4.69) is 16.0 Å². The Hall–Kier alpha value is -2.40. The van der Waals surface area contributed by atoms with Gasteiger partial charge >= 0.3 is 7.12 Å². The molecule has 2 aliphatic rings. The molecule has 3 rings (SSSR count). The van der Waals surface area contributed by atoms with Crippen molar-refractivity contribution in [1.82, 2.24) is 0 Å². The summed E-state index contributed by atoms with van der Waals surface area (Å²) < 4.78 is 5.19. The lowest BCUT2D eigenvalue weighted by molar-refractivity contribution is -0.110. The summed E-state index contributed by atoms with van der Waals surface area (Å²) in [5, 5.41) is 12.6. The molecule has 104 valence electrons. The third-order valence-electron chi connectivity index (χ3n) is 3.26. The smallest absolute Gasteiger partial charge is 0.423 e. The molecule has 0 spiro atoms. The van der Waals surface area contributed by atoms with Gasteiger partial charge in [-0.25, -0.2) is 0 Å². The summed E-state index contributed by atoms with van der Waals surface area (Å²) in [5.74, 6) is -0.325. The molecule has 0 unspecified atom stereocenters. The van der Waals surface area contributed by atoms with Crippen LogP contribution in [0.1, 0.15) is 5.56 Å². The van der Waals surface area contributed by atoms with Gasteiger partial charge in [-0.15, -0.1) is 5.73 Å². The Morgan fingerprint density at radius 1 is 1.48 bits per heavy atom. The number of anilines is 1. The highest BCUT2D eigenvalue weighted by molar-refractivity contribution is 6.61. The molecule has 0 bridgehead atoms. The minimum Gasteiger partial charge on any atom is -0.423 e. The SMILES string of the molecule is O=C(Nc1ccc2c(c1)B(O)OCC2)C1=NC=CC=C=C1. The van der Waals surface area contributed by atoms with Crippen molar-refractivity contribution in [2.45, 2.75) is 6.42 Å². The Balaban J connectivity index is 1.81. The molecular weight excluding hydrogens is 267 g/mol. The van der Waals surface area contributed by atoms with Crippen molar-refractivity contribution in [1.29, 1.82) is 0 Å². The molecule has 5 nitrogen and oxygen atoms in total. The monoisotopic (exact) mass is 280 g/mol. The molecule has 1 aromatic rings. The number of rotatable bonds is 2. The first-order valence-corrected chi connectivity index (χ1v) is 6.63. The Morgan fingerprint density at radius 3 is 3.29 bits per heavy atom. The number of aliphatic imine (C=N–C) groups is 1. The van der Waals surface area contributed by atoms with Crippen LogP contribution < -0.4 is 10.8 Å². The number of hydrogen-bond donors (Lipinski definition) is 2. The fraction of sp³-hybridized carbons (Fsp3) is 0.133. The quantitative estimate of drug-likeness (QED) is 0.614. The fourth-order valence-corrected chi connectivity index (χ4v) is 2.21. The van der Waals surface area contributed by atoms with Crippen LogP contribution in [0.3, 0.4) is 0 Å². The van der Waals surface area contributed by atoms with Crippen LogP contribution in [0.15, 0.2) is 53.4 Å². The minimum absolute atomic E-state index is 0.273. The van der Waals surface area contributed by atoms with Crippen LogP contribution in [-0.2, 0) is 15.9 Å². The number of amides is 1. The third-order valence-corrected chi connectivity index (χ3v) is 3.26. The van der Waals surface area contributed by atoms with E-state index in [0.29, 0.717) is 17.8 Å². The number of hydrogen-bond acceptors (Lipinski definition) is 4. The van der Waals surface area contributed by atoms with Crippen molar-refractivity contribution < 1.29 is 14.5 Å². The van der Waals surface area contributed by atoms with E-state index in [0.717, 1.165) is 12.0 Å². The highest BCUT2D eigenvalue weighted by atomic mass is 16.5. The minimum atomic E-state index is -0.938. The first kappa shape index (κ1) is 13.6. The summed E-state index contributed by atoms with van der Waals surface area (Å²) in [6, 6.07) is 5.42. The Kier molecular flexibility index (Phi) is 3.84. The van der Waals surface area contributed by atoms with Crippen LogP contribution in [0.2, 0.25) is 0 Å². The first-order valence-electron chi connectivity index (χ1n) is 6.63. The van der Waals surface area contributed by atoms with Crippen molar-refractivity contribution in [3.8, 4) is 0 Å². The molecule has 6 heteroatoms. The van der Waals surface area contributed by atoms with Gasteiger partial charge in [0, 0.05) is 24.6 Å². The third kappa shape index (κ3) is 3.03. The topological polar surface area (TPSA) is 70.9 Å². The second kappa shape index (κ2) is 5.93. The van der Waals surface area contributed by atoms with E-state index in [9.17, 15) is 9.82 Å². The average molecular weight is 280 g/mol. The number of carbonyl (C=O) groups excluding carboxylic acids is 1. The van der Waals surface area contributed by atoms with Gasteiger partial charge in [-0.3, -0.25) is 9.79 Å². The van der Waals surface area contributed by atoms with E-state index in [-0.39, 0.29) is 11.6 Å². The van der Waals surface area contributed by atoms with Gasteiger partial charge in [0.15, 0.2) is 0 Å². The molecule has 0 saturated carbocycles. The lowest BCUT2D eigenvalue weighted by Gasteiger charge is -2.19. The van der Waals surface area contributed by atoms with Gasteiger partial charge in [-0.05, 0) is 41.7 Å². The molecule has 2 N–H and O–H groups in total. The van der Waals surface area contributed by atoms with Gasteiger partial charge < -0.3 is 15.0 Å². The van der Waals surface area contributed by atoms with Gasteiger partial charge in [-0.1, -0.05) is 6.07 Å². The molecule has 2 heterocycles. The summed E-state index contributed by atoms with van der Waals surface area (Å²) in [6.07, 6.45) is 7.19. The van der Waals surface area contributed by atoms with Crippen molar-refractivity contribution in [2.24, 2.45) is 4.99 Å². The number of fused-ring (bicyclic) bond motifs is 1. The largest absolute Gasteiger partial charge is 0.491 e. The number of benzene rings is 1. The molecule has 2 aliphatic heterocycles. The Labute approximate surface area is 122 Å². The summed E-state index contributed by atoms with van der Waals surface area (Å²) in [6.45, 7) is 0.500. The van der Waals surface area contributed by atoms with Crippen molar-refractivity contribution in [3.63, 3.8) is 0 Å². The van der Waals surface area contributed by atoms with Gasteiger partial charge in [0.2, 0.25) is 0 Å². The summed E-state index contributed by atoms with van der Waals surface area (Å²) in [5.41, 5.74) is 5.42. The van der Waals surface area contributed by atoms with Crippen LogP contribution in [0.4, 0.5) is 5.69 Å². The van der Waals surface area contributed by atoms with Gasteiger partial charge in [-0.2, -0.15) is 0 Å². The average Bonchev–Trinajstić information content (AvgIpc) is 2.77. The molecule has 0 fully saturated rings. The van der Waals surface area contributed by atoms with Gasteiger partial charge in [0.25, 0.3) is 5.91 Å². The van der Waals surface area contributed by atoms with Crippen molar-refractivity contribution in [3.05, 3.63) is 53.9 Å². The molecule has 1 amide bonds. The lowest BCUT2D eigenvalue weighted by Crippen LogP contribution is -2.41. The number of nitrogens with zero attached hydrogens (tertiary/aromatic N) is 1. The molecule has 0 radical (unpaired) electrons. The zero-order valence-corrected chi connectivity index (χ0v) is 11.2. The van der Waals surface area contributed by atoms with E-state index in [1.807, 2.05) is 6.07 Å². The highest BCUT2D eigenvalue weighted by Crippen LogP contribution is 2.13. The van der Waals surface area contributed by atoms with Crippen LogP contribution in [0, 0.1) is 0 Å².